The third-order valence-electron chi connectivity index (χ3n) is 6.13. The van der Waals surface area contributed by atoms with E-state index < -0.39 is 0 Å². The van der Waals surface area contributed by atoms with Crippen LogP contribution in [0.3, 0.4) is 0 Å². The van der Waals surface area contributed by atoms with Gasteiger partial charge in [0.1, 0.15) is 5.75 Å². The highest BCUT2D eigenvalue weighted by Gasteiger charge is 2.04. The summed E-state index contributed by atoms with van der Waals surface area (Å²) in [4.78, 5) is 9.10. The number of aromatic nitrogens is 2. The maximum Gasteiger partial charge on any atom is 0.119 e. The van der Waals surface area contributed by atoms with Crippen molar-refractivity contribution in [3.05, 3.63) is 66.5 Å². The molecule has 0 saturated carbocycles. The summed E-state index contributed by atoms with van der Waals surface area (Å²) in [6.45, 7) is 3.05. The van der Waals surface area contributed by atoms with Gasteiger partial charge in [-0.1, -0.05) is 83.3 Å². The number of benzene rings is 2. The molecule has 0 atom stereocenters. The van der Waals surface area contributed by atoms with E-state index in [1.54, 1.807) is 24.5 Å². The molecule has 0 radical (unpaired) electrons. The molecule has 0 amide bonds. The first kappa shape index (κ1) is 25.4. The molecular formula is C30H37N3O. The minimum absolute atomic E-state index is 0.638. The second kappa shape index (κ2) is 14.9. The van der Waals surface area contributed by atoms with Gasteiger partial charge in [0, 0.05) is 11.1 Å². The Labute approximate surface area is 205 Å². The van der Waals surface area contributed by atoms with Crippen LogP contribution in [0.25, 0.3) is 22.5 Å². The first-order chi connectivity index (χ1) is 16.8. The normalized spacial score (nSPS) is 10.7. The summed E-state index contributed by atoms with van der Waals surface area (Å²) in [7, 11) is 0. The van der Waals surface area contributed by atoms with Crippen LogP contribution in [0.5, 0.6) is 5.75 Å². The van der Waals surface area contributed by atoms with Gasteiger partial charge in [-0.05, 0) is 42.8 Å². The number of nitrogens with zero attached hydrogens (tertiary/aromatic N) is 3. The molecule has 1 heterocycles. The van der Waals surface area contributed by atoms with E-state index >= 15 is 0 Å². The fourth-order valence-corrected chi connectivity index (χ4v) is 4.02. The minimum atomic E-state index is 0.638. The first-order valence-corrected chi connectivity index (χ1v) is 12.9. The molecule has 0 spiro atoms. The predicted octanol–water partition coefficient (Wildman–Crippen LogP) is 8.37. The van der Waals surface area contributed by atoms with Crippen LogP contribution < -0.4 is 4.74 Å². The molecule has 0 fully saturated rings. The molecule has 0 aliphatic heterocycles. The molecular weight excluding hydrogens is 418 g/mol. The zero-order valence-corrected chi connectivity index (χ0v) is 20.5. The Morgan fingerprint density at radius 3 is 1.59 bits per heavy atom. The van der Waals surface area contributed by atoms with E-state index in [1.807, 2.05) is 36.4 Å². The summed E-state index contributed by atoms with van der Waals surface area (Å²) < 4.78 is 5.92. The van der Waals surface area contributed by atoms with Crippen molar-refractivity contribution in [2.75, 3.05) is 6.61 Å². The first-order valence-electron chi connectivity index (χ1n) is 12.9. The molecule has 0 aliphatic carbocycles. The van der Waals surface area contributed by atoms with Crippen LogP contribution in [-0.4, -0.2) is 16.6 Å². The monoisotopic (exact) mass is 455 g/mol. The van der Waals surface area contributed by atoms with Gasteiger partial charge in [0.25, 0.3) is 0 Å². The SMILES string of the molecule is CCCCCCCCCCCCCOc1ccc(-c2cnc(-c3ccc(C#N)cc3)cn2)cc1. The van der Waals surface area contributed by atoms with Crippen molar-refractivity contribution in [3.8, 4) is 34.3 Å². The molecule has 0 N–H and O–H groups in total. The van der Waals surface area contributed by atoms with Crippen LogP contribution in [0.15, 0.2) is 60.9 Å². The third kappa shape index (κ3) is 8.63. The lowest BCUT2D eigenvalue weighted by Gasteiger charge is -2.08. The molecule has 0 bridgehead atoms. The zero-order chi connectivity index (χ0) is 23.8. The van der Waals surface area contributed by atoms with Crippen molar-refractivity contribution in [1.82, 2.24) is 9.97 Å². The Kier molecular flexibility index (Phi) is 11.1. The Balaban J connectivity index is 1.33. The van der Waals surface area contributed by atoms with Crippen molar-refractivity contribution in [2.45, 2.75) is 77.6 Å². The Morgan fingerprint density at radius 1 is 0.647 bits per heavy atom. The van der Waals surface area contributed by atoms with Crippen molar-refractivity contribution >= 4 is 0 Å². The summed E-state index contributed by atoms with van der Waals surface area (Å²) in [5, 5.41) is 8.93. The zero-order valence-electron chi connectivity index (χ0n) is 20.5. The van der Waals surface area contributed by atoms with Crippen LogP contribution >= 0.6 is 0 Å². The molecule has 4 heteroatoms. The molecule has 3 aromatic rings. The van der Waals surface area contributed by atoms with Gasteiger partial charge in [-0.2, -0.15) is 5.26 Å². The van der Waals surface area contributed by atoms with Gasteiger partial charge in [0.2, 0.25) is 0 Å². The molecule has 3 rings (SSSR count). The second-order valence-corrected chi connectivity index (χ2v) is 8.88. The number of nitriles is 1. The van der Waals surface area contributed by atoms with E-state index in [2.05, 4.69) is 23.0 Å². The van der Waals surface area contributed by atoms with E-state index in [0.717, 1.165) is 41.3 Å². The Morgan fingerprint density at radius 2 is 1.12 bits per heavy atom. The highest BCUT2D eigenvalue weighted by Crippen LogP contribution is 2.23. The molecule has 4 nitrogen and oxygen atoms in total. The van der Waals surface area contributed by atoms with Crippen molar-refractivity contribution in [3.63, 3.8) is 0 Å². The van der Waals surface area contributed by atoms with Gasteiger partial charge in [0.15, 0.2) is 0 Å². The predicted molar refractivity (Wildman–Crippen MR) is 140 cm³/mol. The topological polar surface area (TPSA) is 58.8 Å². The molecule has 178 valence electrons. The van der Waals surface area contributed by atoms with Crippen molar-refractivity contribution in [2.24, 2.45) is 0 Å². The van der Waals surface area contributed by atoms with Gasteiger partial charge >= 0.3 is 0 Å². The fourth-order valence-electron chi connectivity index (χ4n) is 4.02. The van der Waals surface area contributed by atoms with Gasteiger partial charge < -0.3 is 4.74 Å². The quantitative estimate of drug-likeness (QED) is 0.216. The van der Waals surface area contributed by atoms with Gasteiger partial charge in [-0.15, -0.1) is 0 Å². The minimum Gasteiger partial charge on any atom is -0.494 e. The Bertz CT molecular complexity index is 989. The van der Waals surface area contributed by atoms with E-state index in [4.69, 9.17) is 10.00 Å². The van der Waals surface area contributed by atoms with Gasteiger partial charge in [0.05, 0.1) is 42.0 Å². The van der Waals surface area contributed by atoms with E-state index in [0.29, 0.717) is 5.56 Å². The van der Waals surface area contributed by atoms with Crippen molar-refractivity contribution < 1.29 is 4.74 Å². The van der Waals surface area contributed by atoms with Crippen LogP contribution in [0, 0.1) is 11.3 Å². The lowest BCUT2D eigenvalue weighted by atomic mass is 10.1. The highest BCUT2D eigenvalue weighted by molar-refractivity contribution is 5.63. The number of unbranched alkanes of at least 4 members (excludes halogenated alkanes) is 10. The van der Waals surface area contributed by atoms with E-state index in [-0.39, 0.29) is 0 Å². The standard InChI is InChI=1S/C30H37N3O/c1-2-3-4-5-6-7-8-9-10-11-12-21-34-28-19-17-27(18-20-28)30-24-32-29(23-33-30)26-15-13-25(22-31)14-16-26/h13-20,23-24H,2-12,21H2,1H3. The van der Waals surface area contributed by atoms with Crippen LogP contribution in [0.4, 0.5) is 0 Å². The molecule has 1 aromatic heterocycles. The number of hydrogen-bond acceptors (Lipinski definition) is 4. The molecule has 0 saturated heterocycles. The summed E-state index contributed by atoms with van der Waals surface area (Å²) in [6.07, 6.45) is 18.3. The summed E-state index contributed by atoms with van der Waals surface area (Å²) in [6, 6.07) is 17.6. The molecule has 0 unspecified atom stereocenters. The molecule has 2 aromatic carbocycles. The molecule has 34 heavy (non-hydrogen) atoms. The van der Waals surface area contributed by atoms with Crippen molar-refractivity contribution in [1.29, 1.82) is 5.26 Å². The lowest BCUT2D eigenvalue weighted by Crippen LogP contribution is -1.97. The maximum absolute atomic E-state index is 8.93. The number of rotatable bonds is 15. The van der Waals surface area contributed by atoms with Gasteiger partial charge in [-0.3, -0.25) is 9.97 Å². The van der Waals surface area contributed by atoms with E-state index in [1.165, 1.54) is 64.2 Å². The summed E-state index contributed by atoms with van der Waals surface area (Å²) >= 11 is 0. The van der Waals surface area contributed by atoms with Crippen LogP contribution in [-0.2, 0) is 0 Å². The molecule has 0 aliphatic rings. The highest BCUT2D eigenvalue weighted by atomic mass is 16.5. The average Bonchev–Trinajstić information content (AvgIpc) is 2.90. The number of hydrogen-bond donors (Lipinski definition) is 0. The fraction of sp³-hybridized carbons (Fsp3) is 0.433. The van der Waals surface area contributed by atoms with E-state index in [9.17, 15) is 0 Å². The average molecular weight is 456 g/mol. The van der Waals surface area contributed by atoms with Crippen LogP contribution in [0.1, 0.15) is 83.1 Å². The van der Waals surface area contributed by atoms with Crippen LogP contribution in [0.2, 0.25) is 0 Å². The maximum atomic E-state index is 8.93. The largest absolute Gasteiger partial charge is 0.494 e. The lowest BCUT2D eigenvalue weighted by molar-refractivity contribution is 0.304. The summed E-state index contributed by atoms with van der Waals surface area (Å²) in [5.41, 5.74) is 4.22. The second-order valence-electron chi connectivity index (χ2n) is 8.88. The summed E-state index contributed by atoms with van der Waals surface area (Å²) in [5.74, 6) is 0.901. The Hall–Kier alpha value is -3.19. The number of ether oxygens (including phenoxy) is 1. The van der Waals surface area contributed by atoms with Gasteiger partial charge in [-0.25, -0.2) is 0 Å². The smallest absolute Gasteiger partial charge is 0.119 e. The third-order valence-corrected chi connectivity index (χ3v) is 6.13.